The predicted molar refractivity (Wildman–Crippen MR) is 105 cm³/mol. The molecule has 0 aromatic heterocycles. The molecule has 0 aliphatic heterocycles. The number of carbonyl (C=O) groups is 2. The quantitative estimate of drug-likeness (QED) is 0.561. The van der Waals surface area contributed by atoms with Crippen LogP contribution in [0.5, 0.6) is 0 Å². The van der Waals surface area contributed by atoms with Crippen LogP contribution in [-0.4, -0.2) is 11.6 Å². The van der Waals surface area contributed by atoms with Crippen LogP contribution in [0.4, 0.5) is 0 Å². The van der Waals surface area contributed by atoms with E-state index in [4.69, 9.17) is 0 Å². The Morgan fingerprint density at radius 3 is 2.27 bits per heavy atom. The summed E-state index contributed by atoms with van der Waals surface area (Å²) in [6.45, 7) is 13.5. The summed E-state index contributed by atoms with van der Waals surface area (Å²) in [5, 5.41) is 0. The molecule has 4 aliphatic rings. The number of carbonyl (C=O) groups excluding carboxylic acids is 2. The van der Waals surface area contributed by atoms with Crippen molar-refractivity contribution in [1.82, 2.24) is 0 Å². The normalized spacial score (nSPS) is 49.7. The molecule has 0 unspecified atom stereocenters. The van der Waals surface area contributed by atoms with Gasteiger partial charge in [0.05, 0.1) is 0 Å². The molecule has 0 aromatic rings. The maximum Gasteiger partial charge on any atom is 0.142 e. The molecule has 2 nitrogen and oxygen atoms in total. The monoisotopic (exact) mass is 356 g/mol. The molecular formula is C24H36O2. The van der Waals surface area contributed by atoms with Gasteiger partial charge in [0.25, 0.3) is 0 Å². The minimum Gasteiger partial charge on any atom is -0.300 e. The van der Waals surface area contributed by atoms with Crippen LogP contribution in [0.2, 0.25) is 0 Å². The summed E-state index contributed by atoms with van der Waals surface area (Å²) in [6, 6.07) is 0. The standard InChI is InChI=1S/C24H36O2/c1-15(25)16-9-13-24(6)18-7-8-19-21(2,3)20(26)11-12-22(19,4)17(18)10-14-23(16,24)5/h8,16-18H,7,9-14H2,1-6H3/t16-,17+,18-,22-,23-,24+/m1/s1. The molecule has 4 aliphatic carbocycles. The van der Waals surface area contributed by atoms with Gasteiger partial charge >= 0.3 is 0 Å². The molecule has 0 spiro atoms. The third-order valence-corrected chi connectivity index (χ3v) is 10.0. The van der Waals surface area contributed by atoms with Crippen LogP contribution in [0.1, 0.15) is 86.5 Å². The van der Waals surface area contributed by atoms with Crippen LogP contribution >= 0.6 is 0 Å². The fourth-order valence-corrected chi connectivity index (χ4v) is 8.26. The van der Waals surface area contributed by atoms with Gasteiger partial charge in [-0.05, 0) is 87.4 Å². The lowest BCUT2D eigenvalue weighted by molar-refractivity contribution is -0.142. The Balaban J connectivity index is 1.78. The Labute approximate surface area is 159 Å². The van der Waals surface area contributed by atoms with Gasteiger partial charge in [-0.25, -0.2) is 0 Å². The first-order valence-corrected chi connectivity index (χ1v) is 10.7. The van der Waals surface area contributed by atoms with Crippen molar-refractivity contribution in [2.45, 2.75) is 86.5 Å². The molecule has 0 bridgehead atoms. The second-order valence-corrected chi connectivity index (χ2v) is 11.1. The second-order valence-electron chi connectivity index (χ2n) is 11.1. The number of fused-ring (bicyclic) bond motifs is 5. The Kier molecular flexibility index (Phi) is 3.78. The first-order chi connectivity index (χ1) is 12.0. The van der Waals surface area contributed by atoms with Crippen molar-refractivity contribution in [2.75, 3.05) is 0 Å². The van der Waals surface area contributed by atoms with E-state index < -0.39 is 0 Å². The molecule has 0 amide bonds. The van der Waals surface area contributed by atoms with E-state index in [1.54, 1.807) is 0 Å². The smallest absolute Gasteiger partial charge is 0.142 e. The van der Waals surface area contributed by atoms with Crippen molar-refractivity contribution < 1.29 is 9.59 Å². The van der Waals surface area contributed by atoms with Crippen LogP contribution in [0.25, 0.3) is 0 Å². The minimum absolute atomic E-state index is 0.154. The van der Waals surface area contributed by atoms with Crippen molar-refractivity contribution in [3.63, 3.8) is 0 Å². The molecule has 0 heterocycles. The van der Waals surface area contributed by atoms with Gasteiger partial charge in [-0.3, -0.25) is 9.59 Å². The molecule has 6 atom stereocenters. The number of allylic oxidation sites excluding steroid dienone is 2. The van der Waals surface area contributed by atoms with Crippen molar-refractivity contribution in [3.8, 4) is 0 Å². The van der Waals surface area contributed by atoms with E-state index >= 15 is 0 Å². The summed E-state index contributed by atoms with van der Waals surface area (Å²) in [6.07, 6.45) is 9.96. The largest absolute Gasteiger partial charge is 0.300 e. The topological polar surface area (TPSA) is 34.1 Å². The Morgan fingerprint density at radius 1 is 0.962 bits per heavy atom. The van der Waals surface area contributed by atoms with E-state index in [2.05, 4.69) is 40.7 Å². The highest BCUT2D eigenvalue weighted by Crippen LogP contribution is 2.72. The molecular weight excluding hydrogens is 320 g/mol. The Bertz CT molecular complexity index is 701. The van der Waals surface area contributed by atoms with Crippen LogP contribution in [0.3, 0.4) is 0 Å². The number of rotatable bonds is 1. The summed E-state index contributed by atoms with van der Waals surface area (Å²) >= 11 is 0. The van der Waals surface area contributed by atoms with E-state index in [1.165, 1.54) is 24.8 Å². The van der Waals surface area contributed by atoms with Crippen molar-refractivity contribution >= 4 is 11.6 Å². The zero-order chi connectivity index (χ0) is 19.1. The number of hydrogen-bond acceptors (Lipinski definition) is 2. The van der Waals surface area contributed by atoms with Crippen molar-refractivity contribution in [3.05, 3.63) is 11.6 Å². The third kappa shape index (κ3) is 2.00. The van der Waals surface area contributed by atoms with Gasteiger partial charge in [0.15, 0.2) is 0 Å². The Morgan fingerprint density at radius 2 is 1.62 bits per heavy atom. The highest BCUT2D eigenvalue weighted by molar-refractivity contribution is 5.89. The van der Waals surface area contributed by atoms with Gasteiger partial charge in [0.2, 0.25) is 0 Å². The lowest BCUT2D eigenvalue weighted by Crippen LogP contribution is -2.57. The highest BCUT2D eigenvalue weighted by Gasteiger charge is 2.66. The molecule has 0 saturated heterocycles. The average Bonchev–Trinajstić information content (AvgIpc) is 2.84. The average molecular weight is 357 g/mol. The predicted octanol–water partition coefficient (Wildman–Crippen LogP) is 5.75. The molecule has 26 heavy (non-hydrogen) atoms. The SMILES string of the molecule is CC(=O)[C@H]1CC[C@@]2(C)[C@@H]3CC=C4C(C)(C)C(=O)CC[C@]4(C)[C@H]3CC[C@]12C. The number of ketones is 2. The number of Topliss-reactive ketones (excluding diaryl/α,β-unsaturated/α-hetero) is 2. The van der Waals surface area contributed by atoms with Crippen LogP contribution < -0.4 is 0 Å². The summed E-state index contributed by atoms with van der Waals surface area (Å²) < 4.78 is 0. The Hall–Kier alpha value is -0.920. The maximum atomic E-state index is 12.6. The molecule has 0 aromatic carbocycles. The summed E-state index contributed by atoms with van der Waals surface area (Å²) in [7, 11) is 0. The molecule has 0 N–H and O–H groups in total. The minimum atomic E-state index is -0.294. The van der Waals surface area contributed by atoms with E-state index in [0.29, 0.717) is 23.4 Å². The maximum absolute atomic E-state index is 12.6. The molecule has 3 fully saturated rings. The number of hydrogen-bond donors (Lipinski definition) is 0. The lowest BCUT2D eigenvalue weighted by atomic mass is 9.41. The fourth-order valence-electron chi connectivity index (χ4n) is 8.26. The second kappa shape index (κ2) is 5.32. The van der Waals surface area contributed by atoms with Crippen LogP contribution in [-0.2, 0) is 9.59 Å². The fraction of sp³-hybridized carbons (Fsp3) is 0.833. The molecule has 4 rings (SSSR count). The van der Waals surface area contributed by atoms with Crippen molar-refractivity contribution in [2.24, 2.45) is 39.4 Å². The van der Waals surface area contributed by atoms with E-state index in [0.717, 1.165) is 25.7 Å². The first kappa shape index (κ1) is 18.4. The van der Waals surface area contributed by atoms with E-state index in [9.17, 15) is 9.59 Å². The van der Waals surface area contributed by atoms with Gasteiger partial charge in [-0.1, -0.05) is 32.4 Å². The van der Waals surface area contributed by atoms with Gasteiger partial charge in [0, 0.05) is 17.8 Å². The summed E-state index contributed by atoms with van der Waals surface area (Å²) in [5.74, 6) is 2.39. The first-order valence-electron chi connectivity index (χ1n) is 10.7. The van der Waals surface area contributed by atoms with Gasteiger partial charge in [-0.2, -0.15) is 0 Å². The molecule has 144 valence electrons. The highest BCUT2D eigenvalue weighted by atomic mass is 16.1. The van der Waals surface area contributed by atoms with Gasteiger partial charge < -0.3 is 0 Å². The van der Waals surface area contributed by atoms with Gasteiger partial charge in [-0.15, -0.1) is 0 Å². The van der Waals surface area contributed by atoms with Crippen LogP contribution in [0, 0.1) is 39.4 Å². The summed E-state index contributed by atoms with van der Waals surface area (Å²) in [4.78, 5) is 25.0. The van der Waals surface area contributed by atoms with Crippen LogP contribution in [0.15, 0.2) is 11.6 Å². The van der Waals surface area contributed by atoms with E-state index in [-0.39, 0.29) is 27.6 Å². The lowest BCUT2D eigenvalue weighted by Gasteiger charge is -2.63. The zero-order valence-corrected chi connectivity index (χ0v) is 17.6. The van der Waals surface area contributed by atoms with Gasteiger partial charge in [0.1, 0.15) is 11.6 Å². The molecule has 2 heteroatoms. The van der Waals surface area contributed by atoms with Crippen molar-refractivity contribution in [1.29, 1.82) is 0 Å². The molecule has 3 saturated carbocycles. The zero-order valence-electron chi connectivity index (χ0n) is 17.6. The summed E-state index contributed by atoms with van der Waals surface area (Å²) in [5.41, 5.74) is 1.71. The molecule has 0 radical (unpaired) electrons. The third-order valence-electron chi connectivity index (χ3n) is 10.0. The van der Waals surface area contributed by atoms with E-state index in [1.807, 2.05) is 6.92 Å².